The first-order valence-electron chi connectivity index (χ1n) is 9.46. The molecule has 1 saturated carbocycles. The average Bonchev–Trinajstić information content (AvgIpc) is 2.43. The highest BCUT2D eigenvalue weighted by Gasteiger charge is 2.39. The van der Waals surface area contributed by atoms with E-state index in [9.17, 15) is 9.59 Å². The van der Waals surface area contributed by atoms with Crippen molar-refractivity contribution in [2.75, 3.05) is 13.1 Å². The van der Waals surface area contributed by atoms with Gasteiger partial charge in [-0.15, -0.1) is 0 Å². The van der Waals surface area contributed by atoms with Crippen molar-refractivity contribution in [3.63, 3.8) is 0 Å². The molecule has 3 rings (SSSR count). The lowest BCUT2D eigenvalue weighted by Gasteiger charge is -2.45. The molecule has 136 valence electrons. The molecule has 1 aliphatic carbocycles. The van der Waals surface area contributed by atoms with E-state index < -0.39 is 0 Å². The normalized spacial score (nSPS) is 19.8. The standard InChI is InChI=1S/C21H30N2O2/c1-14(17-12-23(13-17)20(25)15-7-5-8-15)22-19(24)16-9-6-10-18(11-16)21(2,3)4/h6,9-11,14-15,17H,5,7-8,12-13H2,1-4H3,(H,22,24). The topological polar surface area (TPSA) is 49.4 Å². The quantitative estimate of drug-likeness (QED) is 0.912. The molecule has 1 unspecified atom stereocenters. The lowest BCUT2D eigenvalue weighted by molar-refractivity contribution is -0.145. The Bertz CT molecular complexity index is 652. The van der Waals surface area contributed by atoms with Gasteiger partial charge in [-0.05, 0) is 42.9 Å². The fraction of sp³-hybridized carbons (Fsp3) is 0.619. The molecule has 0 aromatic heterocycles. The number of nitrogens with one attached hydrogen (secondary N) is 1. The van der Waals surface area contributed by atoms with E-state index in [1.165, 1.54) is 6.42 Å². The van der Waals surface area contributed by atoms with Gasteiger partial charge in [0.05, 0.1) is 0 Å². The van der Waals surface area contributed by atoms with Crippen molar-refractivity contribution in [1.82, 2.24) is 10.2 Å². The number of rotatable bonds is 4. The zero-order valence-corrected chi connectivity index (χ0v) is 15.8. The van der Waals surface area contributed by atoms with E-state index in [-0.39, 0.29) is 23.3 Å². The maximum atomic E-state index is 12.6. The Balaban J connectivity index is 1.52. The smallest absolute Gasteiger partial charge is 0.251 e. The maximum Gasteiger partial charge on any atom is 0.251 e. The van der Waals surface area contributed by atoms with Crippen LogP contribution in [0.25, 0.3) is 0 Å². The van der Waals surface area contributed by atoms with E-state index in [1.807, 2.05) is 30.0 Å². The second-order valence-corrected chi connectivity index (χ2v) is 8.72. The fourth-order valence-corrected chi connectivity index (χ4v) is 3.46. The van der Waals surface area contributed by atoms with Gasteiger partial charge in [-0.25, -0.2) is 0 Å². The van der Waals surface area contributed by atoms with Gasteiger partial charge in [-0.1, -0.05) is 39.3 Å². The van der Waals surface area contributed by atoms with E-state index in [2.05, 4.69) is 32.2 Å². The predicted octanol–water partition coefficient (Wildman–Crippen LogP) is 3.36. The highest BCUT2D eigenvalue weighted by molar-refractivity contribution is 5.94. The van der Waals surface area contributed by atoms with Crippen LogP contribution in [-0.4, -0.2) is 35.8 Å². The number of carbonyl (C=O) groups excluding carboxylic acids is 2. The molecule has 2 amide bonds. The van der Waals surface area contributed by atoms with Crippen LogP contribution in [-0.2, 0) is 10.2 Å². The van der Waals surface area contributed by atoms with Crippen LogP contribution in [0, 0.1) is 11.8 Å². The van der Waals surface area contributed by atoms with Crippen molar-refractivity contribution in [2.45, 2.75) is 58.4 Å². The second-order valence-electron chi connectivity index (χ2n) is 8.72. The van der Waals surface area contributed by atoms with Crippen molar-refractivity contribution in [3.8, 4) is 0 Å². The number of amides is 2. The summed E-state index contributed by atoms with van der Waals surface area (Å²) in [4.78, 5) is 26.7. The molecule has 4 heteroatoms. The molecule has 1 atom stereocenters. The molecule has 0 spiro atoms. The second kappa shape index (κ2) is 6.81. The first kappa shape index (κ1) is 18.0. The summed E-state index contributed by atoms with van der Waals surface area (Å²) in [5.41, 5.74) is 1.90. The van der Waals surface area contributed by atoms with Crippen molar-refractivity contribution < 1.29 is 9.59 Å². The van der Waals surface area contributed by atoms with Crippen molar-refractivity contribution in [3.05, 3.63) is 35.4 Å². The average molecular weight is 342 g/mol. The molecule has 1 aromatic rings. The van der Waals surface area contributed by atoms with Crippen LogP contribution in [0.3, 0.4) is 0 Å². The van der Waals surface area contributed by atoms with Crippen LogP contribution in [0.1, 0.15) is 62.9 Å². The van der Waals surface area contributed by atoms with E-state index in [4.69, 9.17) is 0 Å². The minimum Gasteiger partial charge on any atom is -0.349 e. The highest BCUT2D eigenvalue weighted by Crippen LogP contribution is 2.31. The number of nitrogens with zero attached hydrogens (tertiary/aromatic N) is 1. The summed E-state index contributed by atoms with van der Waals surface area (Å²) in [6.07, 6.45) is 3.29. The van der Waals surface area contributed by atoms with Crippen LogP contribution in [0.5, 0.6) is 0 Å². The van der Waals surface area contributed by atoms with Crippen LogP contribution < -0.4 is 5.32 Å². The largest absolute Gasteiger partial charge is 0.349 e. The molecule has 1 heterocycles. The Kier molecular flexibility index (Phi) is 4.90. The van der Waals surface area contributed by atoms with Crippen molar-refractivity contribution in [2.24, 2.45) is 11.8 Å². The minimum atomic E-state index is -0.0256. The summed E-state index contributed by atoms with van der Waals surface area (Å²) in [7, 11) is 0. The summed E-state index contributed by atoms with van der Waals surface area (Å²) in [5.74, 6) is 0.922. The minimum absolute atomic E-state index is 0.0256. The predicted molar refractivity (Wildman–Crippen MR) is 99.5 cm³/mol. The molecule has 1 N–H and O–H groups in total. The van der Waals surface area contributed by atoms with Crippen LogP contribution in [0.4, 0.5) is 0 Å². The van der Waals surface area contributed by atoms with E-state index in [0.717, 1.165) is 31.5 Å². The third-order valence-corrected chi connectivity index (χ3v) is 5.73. The highest BCUT2D eigenvalue weighted by atomic mass is 16.2. The van der Waals surface area contributed by atoms with Gasteiger partial charge in [0.1, 0.15) is 0 Å². The van der Waals surface area contributed by atoms with Crippen molar-refractivity contribution >= 4 is 11.8 Å². The Morgan fingerprint density at radius 2 is 1.88 bits per heavy atom. The van der Waals surface area contributed by atoms with Gasteiger partial charge in [0.15, 0.2) is 0 Å². The molecule has 1 saturated heterocycles. The van der Waals surface area contributed by atoms with Gasteiger partial charge in [0.2, 0.25) is 5.91 Å². The number of benzene rings is 1. The van der Waals surface area contributed by atoms with Gasteiger partial charge in [0, 0.05) is 36.5 Å². The molecule has 0 bridgehead atoms. The van der Waals surface area contributed by atoms with Gasteiger partial charge >= 0.3 is 0 Å². The fourth-order valence-electron chi connectivity index (χ4n) is 3.46. The van der Waals surface area contributed by atoms with Gasteiger partial charge in [0.25, 0.3) is 5.91 Å². The lowest BCUT2D eigenvalue weighted by atomic mass is 9.82. The zero-order valence-electron chi connectivity index (χ0n) is 15.8. The van der Waals surface area contributed by atoms with E-state index in [1.54, 1.807) is 0 Å². The molecule has 0 radical (unpaired) electrons. The lowest BCUT2D eigenvalue weighted by Crippen LogP contribution is -2.59. The third-order valence-electron chi connectivity index (χ3n) is 5.73. The number of hydrogen-bond acceptors (Lipinski definition) is 2. The monoisotopic (exact) mass is 342 g/mol. The van der Waals surface area contributed by atoms with Gasteiger partial charge in [-0.2, -0.15) is 0 Å². The number of likely N-dealkylation sites (tertiary alicyclic amines) is 1. The maximum absolute atomic E-state index is 12.6. The summed E-state index contributed by atoms with van der Waals surface area (Å²) >= 11 is 0. The Hall–Kier alpha value is -1.84. The molecule has 2 aliphatic rings. The molecule has 1 aromatic carbocycles. The first-order chi connectivity index (χ1) is 11.8. The van der Waals surface area contributed by atoms with E-state index in [0.29, 0.717) is 17.4 Å². The van der Waals surface area contributed by atoms with Crippen molar-refractivity contribution in [1.29, 1.82) is 0 Å². The summed E-state index contributed by atoms with van der Waals surface area (Å²) in [6, 6.07) is 7.94. The Labute approximate surface area is 151 Å². The number of hydrogen-bond donors (Lipinski definition) is 1. The molecular formula is C21H30N2O2. The molecule has 2 fully saturated rings. The third kappa shape index (κ3) is 3.88. The van der Waals surface area contributed by atoms with Crippen LogP contribution >= 0.6 is 0 Å². The summed E-state index contributed by atoms with van der Waals surface area (Å²) in [5, 5.41) is 3.12. The SMILES string of the molecule is CC(NC(=O)c1cccc(C(C)(C)C)c1)C1CN(C(=O)C2CCC2)C1. The summed E-state index contributed by atoms with van der Waals surface area (Å²) in [6.45, 7) is 10.0. The molecule has 25 heavy (non-hydrogen) atoms. The number of carbonyl (C=O) groups is 2. The Morgan fingerprint density at radius 3 is 2.44 bits per heavy atom. The van der Waals surface area contributed by atoms with Gasteiger partial charge in [-0.3, -0.25) is 9.59 Å². The summed E-state index contributed by atoms with van der Waals surface area (Å²) < 4.78 is 0. The van der Waals surface area contributed by atoms with Crippen LogP contribution in [0.15, 0.2) is 24.3 Å². The molecule has 4 nitrogen and oxygen atoms in total. The zero-order chi connectivity index (χ0) is 18.2. The Morgan fingerprint density at radius 1 is 1.20 bits per heavy atom. The van der Waals surface area contributed by atoms with Gasteiger partial charge < -0.3 is 10.2 Å². The molecular weight excluding hydrogens is 312 g/mol. The van der Waals surface area contributed by atoms with E-state index >= 15 is 0 Å². The van der Waals surface area contributed by atoms with Crippen LogP contribution in [0.2, 0.25) is 0 Å². The first-order valence-corrected chi connectivity index (χ1v) is 9.46. The molecule has 1 aliphatic heterocycles.